The number of morpholine rings is 1. The third-order valence-corrected chi connectivity index (χ3v) is 11.5. The van der Waals surface area contributed by atoms with E-state index in [0.717, 1.165) is 50.7 Å². The quantitative estimate of drug-likeness (QED) is 0.231. The van der Waals surface area contributed by atoms with Crippen molar-refractivity contribution in [2.24, 2.45) is 0 Å². The summed E-state index contributed by atoms with van der Waals surface area (Å²) in [6, 6.07) is 5.18. The Bertz CT molecular complexity index is 1770. The van der Waals surface area contributed by atoms with Crippen molar-refractivity contribution in [3.05, 3.63) is 87.0 Å². The Hall–Kier alpha value is -3.46. The topological polar surface area (TPSA) is 79.1 Å². The van der Waals surface area contributed by atoms with E-state index in [1.165, 1.54) is 0 Å². The van der Waals surface area contributed by atoms with Crippen LogP contribution < -0.4 is 10.2 Å². The Morgan fingerprint density at radius 3 is 2.36 bits per heavy atom. The van der Waals surface area contributed by atoms with Gasteiger partial charge in [-0.2, -0.15) is 0 Å². The highest BCUT2D eigenvalue weighted by molar-refractivity contribution is 7.71. The number of nitrogens with zero attached hydrogens (tertiary/aromatic N) is 2. The van der Waals surface area contributed by atoms with Gasteiger partial charge in [-0.25, -0.2) is 22.5 Å². The standard InChI is InChI=1S/C34H36F3N2O5P/c1-20-30(35)28(29(33(40)41)32(37)31(20)36)27-23-10-8-21(38-12-6-5-7-13-38)18-25(23)45(42,44-34(2,3)4)26-19-22(9-11-24(26)27)39-14-16-43-17-15-39/h8-11,18-19H,5-7,12-17H2,1-4H3/p+1. The first kappa shape index (κ1) is 31.5. The molecule has 6 rings (SSSR count). The van der Waals surface area contributed by atoms with Crippen LogP contribution in [0.4, 0.5) is 18.9 Å². The molecule has 4 aliphatic rings. The smallest absolute Gasteiger partial charge is 0.339 e. The molecule has 1 unspecified atom stereocenters. The lowest BCUT2D eigenvalue weighted by Crippen LogP contribution is -2.37. The van der Waals surface area contributed by atoms with Crippen molar-refractivity contribution in [1.29, 1.82) is 0 Å². The van der Waals surface area contributed by atoms with Crippen LogP contribution in [0.15, 0.2) is 47.3 Å². The van der Waals surface area contributed by atoms with Gasteiger partial charge < -0.3 is 19.3 Å². The minimum absolute atomic E-state index is 0.0274. The fraction of sp³-hybridized carbons (Fsp3) is 0.412. The fourth-order valence-electron chi connectivity index (χ4n) is 6.56. The van der Waals surface area contributed by atoms with E-state index in [0.29, 0.717) is 26.3 Å². The van der Waals surface area contributed by atoms with Gasteiger partial charge in [0.15, 0.2) is 11.6 Å². The minimum atomic E-state index is -3.96. The van der Waals surface area contributed by atoms with Gasteiger partial charge in [0.1, 0.15) is 24.5 Å². The van der Waals surface area contributed by atoms with Crippen molar-refractivity contribution in [3.8, 4) is 0 Å². The van der Waals surface area contributed by atoms with Crippen LogP contribution in [0.5, 0.6) is 0 Å². The average molecular weight is 642 g/mol. The molecule has 1 N–H and O–H groups in total. The lowest BCUT2D eigenvalue weighted by atomic mass is 9.85. The third kappa shape index (κ3) is 5.51. The van der Waals surface area contributed by atoms with E-state index in [1.807, 2.05) is 6.08 Å². The molecule has 45 heavy (non-hydrogen) atoms. The van der Waals surface area contributed by atoms with Gasteiger partial charge in [-0.1, -0.05) is 6.07 Å². The SMILES string of the molecule is Cc1c(F)c(F)c(C(=O)O)c(C2=C3C=CC(=[N+]4CCCCC4)C=C3P(=O)(OC(C)(C)C)c3cc(N4CCOCC4)ccc32)c1F. The molecular weight excluding hydrogens is 604 g/mol. The van der Waals surface area contributed by atoms with Crippen LogP contribution in [0.25, 0.3) is 5.57 Å². The maximum absolute atomic E-state index is 16.2. The van der Waals surface area contributed by atoms with E-state index in [-0.39, 0.29) is 27.3 Å². The molecule has 238 valence electrons. The molecule has 1 aliphatic carbocycles. The minimum Gasteiger partial charge on any atom is -0.478 e. The molecule has 0 bridgehead atoms. The fourth-order valence-corrected chi connectivity index (χ4v) is 9.40. The second-order valence-electron chi connectivity index (χ2n) is 12.8. The van der Waals surface area contributed by atoms with E-state index in [4.69, 9.17) is 9.26 Å². The molecule has 7 nitrogen and oxygen atoms in total. The van der Waals surface area contributed by atoms with Gasteiger partial charge in [0, 0.05) is 60.5 Å². The number of rotatable bonds is 4. The molecule has 2 aromatic rings. The molecule has 2 saturated heterocycles. The van der Waals surface area contributed by atoms with Gasteiger partial charge in [0.2, 0.25) is 5.71 Å². The van der Waals surface area contributed by atoms with Crippen molar-refractivity contribution in [2.45, 2.75) is 52.6 Å². The Balaban J connectivity index is 1.73. The number of halogens is 3. The molecule has 2 fully saturated rings. The van der Waals surface area contributed by atoms with Crippen LogP contribution in [0.2, 0.25) is 0 Å². The number of fused-ring (bicyclic) bond motifs is 2. The summed E-state index contributed by atoms with van der Waals surface area (Å²) in [5.41, 5.74) is -1.16. The first-order valence-corrected chi connectivity index (χ1v) is 16.9. The van der Waals surface area contributed by atoms with Crippen LogP contribution >= 0.6 is 7.37 Å². The number of aromatic carboxylic acids is 1. The maximum atomic E-state index is 16.2. The molecule has 2 aromatic carbocycles. The van der Waals surface area contributed by atoms with Gasteiger partial charge in [-0.3, -0.25) is 4.57 Å². The van der Waals surface area contributed by atoms with Gasteiger partial charge >= 0.3 is 5.97 Å². The van der Waals surface area contributed by atoms with E-state index in [2.05, 4.69) is 9.48 Å². The average Bonchev–Trinajstić information content (AvgIpc) is 3.02. The molecular formula is C34H37F3N2O5P+. The summed E-state index contributed by atoms with van der Waals surface area (Å²) in [6.07, 6.45) is 8.38. The second-order valence-corrected chi connectivity index (χ2v) is 15.1. The Morgan fingerprint density at radius 2 is 1.71 bits per heavy atom. The molecule has 11 heteroatoms. The zero-order valence-electron chi connectivity index (χ0n) is 25.9. The predicted molar refractivity (Wildman–Crippen MR) is 168 cm³/mol. The number of benzene rings is 2. The number of piperidine rings is 1. The first-order chi connectivity index (χ1) is 21.3. The normalized spacial score (nSPS) is 21.9. The number of carboxylic acids is 1. The van der Waals surface area contributed by atoms with Crippen molar-refractivity contribution < 1.29 is 41.5 Å². The number of carbonyl (C=O) groups is 1. The maximum Gasteiger partial charge on any atom is 0.339 e. The van der Waals surface area contributed by atoms with E-state index >= 15 is 13.3 Å². The molecule has 0 amide bonds. The number of anilines is 1. The van der Waals surface area contributed by atoms with Crippen LogP contribution in [-0.4, -0.2) is 66.4 Å². The number of allylic oxidation sites excluding steroid dienone is 5. The highest BCUT2D eigenvalue weighted by Crippen LogP contribution is 2.65. The predicted octanol–water partition coefficient (Wildman–Crippen LogP) is 6.57. The first-order valence-electron chi connectivity index (χ1n) is 15.3. The summed E-state index contributed by atoms with van der Waals surface area (Å²) < 4.78 is 76.2. The summed E-state index contributed by atoms with van der Waals surface area (Å²) in [5.74, 6) is -6.22. The van der Waals surface area contributed by atoms with Crippen LogP contribution in [-0.2, 0) is 13.8 Å². The number of carboxylic acid groups (broad SMARTS) is 1. The largest absolute Gasteiger partial charge is 0.478 e. The lowest BCUT2D eigenvalue weighted by Gasteiger charge is -2.38. The van der Waals surface area contributed by atoms with Crippen molar-refractivity contribution >= 4 is 35.6 Å². The second kappa shape index (κ2) is 11.7. The van der Waals surface area contributed by atoms with E-state index < -0.39 is 53.1 Å². The Kier molecular flexibility index (Phi) is 8.21. The summed E-state index contributed by atoms with van der Waals surface area (Å²) >= 11 is 0. The summed E-state index contributed by atoms with van der Waals surface area (Å²) in [6.45, 7) is 10.3. The highest BCUT2D eigenvalue weighted by Gasteiger charge is 2.47. The van der Waals surface area contributed by atoms with Crippen molar-refractivity contribution in [3.63, 3.8) is 0 Å². The van der Waals surface area contributed by atoms with Gasteiger partial charge in [0.25, 0.3) is 7.37 Å². The Morgan fingerprint density at radius 1 is 1.02 bits per heavy atom. The van der Waals surface area contributed by atoms with Gasteiger partial charge in [-0.15, -0.1) is 0 Å². The monoisotopic (exact) mass is 641 g/mol. The summed E-state index contributed by atoms with van der Waals surface area (Å²) in [5, 5.41) is 10.6. The number of hydrogen-bond donors (Lipinski definition) is 1. The zero-order chi connectivity index (χ0) is 32.3. The molecule has 1 atom stereocenters. The van der Waals surface area contributed by atoms with Crippen LogP contribution in [0.3, 0.4) is 0 Å². The lowest BCUT2D eigenvalue weighted by molar-refractivity contribution is -0.535. The highest BCUT2D eigenvalue weighted by atomic mass is 31.2. The number of hydrogen-bond acceptors (Lipinski definition) is 5. The van der Waals surface area contributed by atoms with Crippen LogP contribution in [0, 0.1) is 24.4 Å². The van der Waals surface area contributed by atoms with Gasteiger partial charge in [0.05, 0.1) is 29.4 Å². The molecule has 0 saturated carbocycles. The molecule has 0 aromatic heterocycles. The zero-order valence-corrected chi connectivity index (χ0v) is 26.8. The summed E-state index contributed by atoms with van der Waals surface area (Å²) in [7, 11) is -3.96. The number of ether oxygens (including phenoxy) is 1. The van der Waals surface area contributed by atoms with Crippen molar-refractivity contribution in [1.82, 2.24) is 0 Å². The molecule has 0 spiro atoms. The molecule has 3 aliphatic heterocycles. The summed E-state index contributed by atoms with van der Waals surface area (Å²) in [4.78, 5) is 14.5. The Labute approximate surface area is 260 Å². The van der Waals surface area contributed by atoms with Crippen molar-refractivity contribution in [2.75, 3.05) is 44.3 Å². The third-order valence-electron chi connectivity index (χ3n) is 8.64. The van der Waals surface area contributed by atoms with E-state index in [1.54, 1.807) is 51.1 Å². The molecule has 0 radical (unpaired) electrons. The molecule has 3 heterocycles. The van der Waals surface area contributed by atoms with Gasteiger partial charge in [-0.05, 0) is 63.5 Å². The van der Waals surface area contributed by atoms with Crippen LogP contribution in [0.1, 0.15) is 67.1 Å². The van der Waals surface area contributed by atoms with E-state index in [9.17, 15) is 14.3 Å².